The topological polar surface area (TPSA) is 29.5 Å². The predicted octanol–water partition coefficient (Wildman–Crippen LogP) is 2.14. The largest absolute Gasteiger partial charge is 0.507 e. The van der Waals surface area contributed by atoms with Crippen molar-refractivity contribution in [3.05, 3.63) is 21.5 Å². The molecule has 0 amide bonds. The molecule has 11 heavy (non-hydrogen) atoms. The van der Waals surface area contributed by atoms with Gasteiger partial charge in [0, 0.05) is 0 Å². The Bertz CT molecular complexity index is 275. The van der Waals surface area contributed by atoms with Crippen LogP contribution in [0, 0.1) is 9.39 Å². The lowest BCUT2D eigenvalue weighted by molar-refractivity contribution is 0.380. The zero-order valence-electron chi connectivity index (χ0n) is 5.77. The fraction of sp³-hybridized carbons (Fsp3) is 0.143. The summed E-state index contributed by atoms with van der Waals surface area (Å²) >= 11 is 1.71. The number of ether oxygens (including phenoxy) is 1. The second-order valence-corrected chi connectivity index (χ2v) is 2.99. The van der Waals surface area contributed by atoms with E-state index < -0.39 is 5.82 Å². The number of hydrogen-bond acceptors (Lipinski definition) is 2. The normalized spacial score (nSPS) is 9.73. The molecule has 0 aliphatic rings. The van der Waals surface area contributed by atoms with Gasteiger partial charge in [-0.15, -0.1) is 0 Å². The van der Waals surface area contributed by atoms with Gasteiger partial charge in [-0.3, -0.25) is 0 Å². The number of hydrogen-bond donors (Lipinski definition) is 1. The van der Waals surface area contributed by atoms with Crippen LogP contribution in [0.15, 0.2) is 12.1 Å². The Kier molecular flexibility index (Phi) is 2.53. The number of aromatic hydroxyl groups is 1. The number of halogens is 2. The van der Waals surface area contributed by atoms with Crippen molar-refractivity contribution >= 4 is 22.6 Å². The van der Waals surface area contributed by atoms with E-state index in [1.165, 1.54) is 19.2 Å². The third-order valence-corrected chi connectivity index (χ3v) is 2.27. The molecule has 1 N–H and O–H groups in total. The minimum atomic E-state index is -0.520. The Morgan fingerprint density at radius 1 is 1.55 bits per heavy atom. The average molecular weight is 268 g/mol. The highest BCUT2D eigenvalue weighted by molar-refractivity contribution is 14.1. The Morgan fingerprint density at radius 3 is 2.73 bits per heavy atom. The molecule has 0 aromatic heterocycles. The maximum Gasteiger partial charge on any atom is 0.182 e. The first-order chi connectivity index (χ1) is 5.16. The third kappa shape index (κ3) is 1.55. The van der Waals surface area contributed by atoms with Crippen molar-refractivity contribution < 1.29 is 14.2 Å². The van der Waals surface area contributed by atoms with Crippen molar-refractivity contribution in [3.8, 4) is 11.5 Å². The van der Waals surface area contributed by atoms with Gasteiger partial charge < -0.3 is 9.84 Å². The summed E-state index contributed by atoms with van der Waals surface area (Å²) in [7, 11) is 1.38. The molecule has 0 saturated heterocycles. The SMILES string of the molecule is COc1ccc(O)c(I)c1F. The Labute approximate surface area is 77.1 Å². The van der Waals surface area contributed by atoms with E-state index in [2.05, 4.69) is 4.74 Å². The molecule has 0 radical (unpaired) electrons. The van der Waals surface area contributed by atoms with E-state index in [1.54, 1.807) is 22.6 Å². The van der Waals surface area contributed by atoms with E-state index >= 15 is 0 Å². The molecule has 0 unspecified atom stereocenters. The van der Waals surface area contributed by atoms with Gasteiger partial charge in [0.1, 0.15) is 5.75 Å². The molecule has 4 heteroatoms. The lowest BCUT2D eigenvalue weighted by atomic mass is 10.3. The van der Waals surface area contributed by atoms with E-state index in [0.29, 0.717) is 0 Å². The van der Waals surface area contributed by atoms with E-state index in [1.807, 2.05) is 0 Å². The number of phenols is 1. The average Bonchev–Trinajstić information content (AvgIpc) is 2.01. The second kappa shape index (κ2) is 3.25. The zero-order chi connectivity index (χ0) is 8.43. The Balaban J connectivity index is 3.25. The van der Waals surface area contributed by atoms with Gasteiger partial charge in [0.2, 0.25) is 0 Å². The van der Waals surface area contributed by atoms with Gasteiger partial charge in [0.05, 0.1) is 10.7 Å². The van der Waals surface area contributed by atoms with Crippen molar-refractivity contribution in [3.63, 3.8) is 0 Å². The Hall–Kier alpha value is -0.520. The van der Waals surface area contributed by atoms with Crippen LogP contribution in [-0.2, 0) is 0 Å². The fourth-order valence-electron chi connectivity index (χ4n) is 0.679. The van der Waals surface area contributed by atoms with Crippen LogP contribution in [0.1, 0.15) is 0 Å². The molecule has 0 heterocycles. The number of benzene rings is 1. The van der Waals surface area contributed by atoms with Gasteiger partial charge in [0.15, 0.2) is 11.6 Å². The van der Waals surface area contributed by atoms with Crippen LogP contribution in [0.5, 0.6) is 11.5 Å². The van der Waals surface area contributed by atoms with Crippen molar-refractivity contribution in [2.45, 2.75) is 0 Å². The highest BCUT2D eigenvalue weighted by atomic mass is 127. The quantitative estimate of drug-likeness (QED) is 0.791. The molecule has 0 spiro atoms. The van der Waals surface area contributed by atoms with Crippen molar-refractivity contribution in [1.82, 2.24) is 0 Å². The van der Waals surface area contributed by atoms with Gasteiger partial charge in [-0.25, -0.2) is 4.39 Å². The molecule has 0 aliphatic carbocycles. The van der Waals surface area contributed by atoms with E-state index in [9.17, 15) is 4.39 Å². The van der Waals surface area contributed by atoms with Gasteiger partial charge in [-0.1, -0.05) is 0 Å². The van der Waals surface area contributed by atoms with Crippen LogP contribution < -0.4 is 4.74 Å². The highest BCUT2D eigenvalue weighted by Crippen LogP contribution is 2.28. The van der Waals surface area contributed by atoms with Gasteiger partial charge in [0.25, 0.3) is 0 Å². The number of methoxy groups -OCH3 is 1. The molecule has 0 bridgehead atoms. The summed E-state index contributed by atoms with van der Waals surface area (Å²) in [4.78, 5) is 0. The monoisotopic (exact) mass is 268 g/mol. The van der Waals surface area contributed by atoms with Crippen LogP contribution in [0.3, 0.4) is 0 Å². The summed E-state index contributed by atoms with van der Waals surface area (Å²) in [6.07, 6.45) is 0. The third-order valence-electron chi connectivity index (χ3n) is 1.25. The van der Waals surface area contributed by atoms with Crippen molar-refractivity contribution in [1.29, 1.82) is 0 Å². The van der Waals surface area contributed by atoms with Crippen LogP contribution in [0.2, 0.25) is 0 Å². The second-order valence-electron chi connectivity index (χ2n) is 1.91. The Morgan fingerprint density at radius 2 is 2.18 bits per heavy atom. The molecule has 1 rings (SSSR count). The van der Waals surface area contributed by atoms with Gasteiger partial charge in [-0.2, -0.15) is 0 Å². The highest BCUT2D eigenvalue weighted by Gasteiger charge is 2.09. The number of phenolic OH excluding ortho intramolecular Hbond substituents is 1. The van der Waals surface area contributed by atoms with Crippen LogP contribution in [-0.4, -0.2) is 12.2 Å². The summed E-state index contributed by atoms with van der Waals surface area (Å²) in [6.45, 7) is 0. The predicted molar refractivity (Wildman–Crippen MR) is 47.3 cm³/mol. The minimum Gasteiger partial charge on any atom is -0.507 e. The summed E-state index contributed by atoms with van der Waals surface area (Å²) in [5.74, 6) is -0.441. The lowest BCUT2D eigenvalue weighted by Gasteiger charge is -2.03. The summed E-state index contributed by atoms with van der Waals surface area (Å²) < 4.78 is 17.8. The van der Waals surface area contributed by atoms with E-state index in [4.69, 9.17) is 5.11 Å². The molecular formula is C7H6FIO2. The smallest absolute Gasteiger partial charge is 0.182 e. The molecular weight excluding hydrogens is 262 g/mol. The summed E-state index contributed by atoms with van der Waals surface area (Å²) in [6, 6.07) is 2.77. The van der Waals surface area contributed by atoms with Gasteiger partial charge in [-0.05, 0) is 34.7 Å². The number of rotatable bonds is 1. The first-order valence-corrected chi connectivity index (χ1v) is 3.95. The molecule has 2 nitrogen and oxygen atoms in total. The minimum absolute atomic E-state index is 0.0658. The van der Waals surface area contributed by atoms with Crippen molar-refractivity contribution in [2.24, 2.45) is 0 Å². The van der Waals surface area contributed by atoms with Crippen LogP contribution in [0.4, 0.5) is 4.39 Å². The molecule has 1 aromatic carbocycles. The molecule has 0 aliphatic heterocycles. The first kappa shape index (κ1) is 8.58. The molecule has 0 saturated carbocycles. The van der Waals surface area contributed by atoms with Crippen molar-refractivity contribution in [2.75, 3.05) is 7.11 Å². The van der Waals surface area contributed by atoms with E-state index in [-0.39, 0.29) is 15.1 Å². The standard InChI is InChI=1S/C7H6FIO2/c1-11-5-3-2-4(10)7(9)6(5)8/h2-3,10H,1H3. The fourth-order valence-corrected chi connectivity index (χ4v) is 1.12. The molecule has 60 valence electrons. The zero-order valence-corrected chi connectivity index (χ0v) is 7.92. The van der Waals surface area contributed by atoms with Crippen LogP contribution in [0.25, 0.3) is 0 Å². The lowest BCUT2D eigenvalue weighted by Crippen LogP contribution is -1.90. The van der Waals surface area contributed by atoms with Gasteiger partial charge >= 0.3 is 0 Å². The summed E-state index contributed by atoms with van der Waals surface area (Å²) in [5, 5.41) is 9.02. The first-order valence-electron chi connectivity index (χ1n) is 2.87. The molecule has 1 aromatic rings. The molecule has 0 fully saturated rings. The summed E-state index contributed by atoms with van der Waals surface area (Å²) in [5.41, 5.74) is 0. The van der Waals surface area contributed by atoms with E-state index in [0.717, 1.165) is 0 Å². The maximum absolute atomic E-state index is 13.0. The maximum atomic E-state index is 13.0. The van der Waals surface area contributed by atoms with Crippen LogP contribution >= 0.6 is 22.6 Å². The molecule has 0 atom stereocenters.